The fraction of sp³-hybridized carbons (Fsp3) is 0.667. The van der Waals surface area contributed by atoms with E-state index in [1.54, 1.807) is 30.3 Å². The van der Waals surface area contributed by atoms with E-state index in [0.717, 1.165) is 25.9 Å². The van der Waals surface area contributed by atoms with E-state index in [1.165, 1.54) is 0 Å². The molecule has 1 saturated carbocycles. The molecule has 0 unspecified atom stereocenters. The highest BCUT2D eigenvalue weighted by molar-refractivity contribution is 7.89. The molecule has 0 aliphatic heterocycles. The number of sulfonamides is 1. The summed E-state index contributed by atoms with van der Waals surface area (Å²) in [6, 6.07) is 8.87. The molecule has 6 heteroatoms. The van der Waals surface area contributed by atoms with Gasteiger partial charge in [0.25, 0.3) is 0 Å². The van der Waals surface area contributed by atoms with Crippen molar-refractivity contribution in [3.8, 4) is 0 Å². The molecule has 0 spiro atoms. The molecule has 1 aromatic rings. The molecular weight excluding hydrogens is 324 g/mol. The van der Waals surface area contributed by atoms with E-state index >= 15 is 0 Å². The van der Waals surface area contributed by atoms with E-state index in [9.17, 15) is 8.42 Å². The molecule has 136 valence electrons. The summed E-state index contributed by atoms with van der Waals surface area (Å²) in [6.45, 7) is 8.21. The van der Waals surface area contributed by atoms with Crippen molar-refractivity contribution in [2.24, 2.45) is 5.41 Å². The standard InChI is InChI=1S/C18H30N2O3S/c1-4-18(5-2)16(14-17(18)23-6-3)19-12-13-20-24(21,22)15-10-8-7-9-11-15/h7-11,16-17,19-20H,4-6,12-14H2,1-3H3/t16-,17-/m1/s1. The molecule has 2 atom stereocenters. The summed E-state index contributed by atoms with van der Waals surface area (Å²) in [4.78, 5) is 0.307. The molecule has 2 N–H and O–H groups in total. The van der Waals surface area contributed by atoms with Gasteiger partial charge in [-0.25, -0.2) is 13.1 Å². The number of hydrogen-bond acceptors (Lipinski definition) is 4. The Morgan fingerprint density at radius 3 is 2.38 bits per heavy atom. The van der Waals surface area contributed by atoms with Crippen molar-refractivity contribution < 1.29 is 13.2 Å². The summed E-state index contributed by atoms with van der Waals surface area (Å²) in [5, 5.41) is 3.52. The highest BCUT2D eigenvalue weighted by Crippen LogP contribution is 2.48. The van der Waals surface area contributed by atoms with Gasteiger partial charge in [0.15, 0.2) is 0 Å². The molecule has 1 aliphatic carbocycles. The zero-order valence-corrected chi connectivity index (χ0v) is 15.7. The minimum Gasteiger partial charge on any atom is -0.378 e. The maximum Gasteiger partial charge on any atom is 0.240 e. The van der Waals surface area contributed by atoms with Crippen molar-refractivity contribution in [1.82, 2.24) is 10.0 Å². The van der Waals surface area contributed by atoms with Crippen molar-refractivity contribution in [3.05, 3.63) is 30.3 Å². The minimum absolute atomic E-state index is 0.175. The molecule has 0 amide bonds. The van der Waals surface area contributed by atoms with Gasteiger partial charge < -0.3 is 10.1 Å². The highest BCUT2D eigenvalue weighted by Gasteiger charge is 2.52. The van der Waals surface area contributed by atoms with E-state index in [2.05, 4.69) is 23.9 Å². The van der Waals surface area contributed by atoms with E-state index in [4.69, 9.17) is 4.74 Å². The second-order valence-corrected chi connectivity index (χ2v) is 8.10. The van der Waals surface area contributed by atoms with Crippen molar-refractivity contribution in [3.63, 3.8) is 0 Å². The largest absolute Gasteiger partial charge is 0.378 e. The summed E-state index contributed by atoms with van der Waals surface area (Å²) in [7, 11) is -3.42. The molecule has 0 aromatic heterocycles. The molecule has 0 bridgehead atoms. The van der Waals surface area contributed by atoms with Gasteiger partial charge in [0.2, 0.25) is 10.0 Å². The zero-order valence-electron chi connectivity index (χ0n) is 14.9. The van der Waals surface area contributed by atoms with Crippen LogP contribution in [0.15, 0.2) is 35.2 Å². The summed E-state index contributed by atoms with van der Waals surface area (Å²) in [5.74, 6) is 0. The second kappa shape index (κ2) is 8.43. The molecule has 1 aliphatic rings. The Balaban J connectivity index is 1.82. The van der Waals surface area contributed by atoms with Crippen molar-refractivity contribution in [2.75, 3.05) is 19.7 Å². The van der Waals surface area contributed by atoms with Crippen LogP contribution in [-0.2, 0) is 14.8 Å². The van der Waals surface area contributed by atoms with Crippen molar-refractivity contribution in [2.45, 2.75) is 57.1 Å². The molecule has 2 rings (SSSR count). The van der Waals surface area contributed by atoms with Gasteiger partial charge in [-0.3, -0.25) is 0 Å². The van der Waals surface area contributed by atoms with E-state index in [-0.39, 0.29) is 5.41 Å². The monoisotopic (exact) mass is 354 g/mol. The Kier molecular flexibility index (Phi) is 6.80. The van der Waals surface area contributed by atoms with Gasteiger partial charge in [-0.2, -0.15) is 0 Å². The predicted molar refractivity (Wildman–Crippen MR) is 96.5 cm³/mol. The number of benzene rings is 1. The van der Waals surface area contributed by atoms with Gasteiger partial charge in [-0.1, -0.05) is 32.0 Å². The first-order chi connectivity index (χ1) is 11.5. The third kappa shape index (κ3) is 3.99. The van der Waals surface area contributed by atoms with Crippen LogP contribution in [0.5, 0.6) is 0 Å². The van der Waals surface area contributed by atoms with Crippen LogP contribution >= 0.6 is 0 Å². The van der Waals surface area contributed by atoms with E-state index < -0.39 is 10.0 Å². The Labute approximate surface area is 146 Å². The summed E-state index contributed by atoms with van der Waals surface area (Å²) in [6.07, 6.45) is 3.46. The minimum atomic E-state index is -3.42. The van der Waals surface area contributed by atoms with Crippen LogP contribution in [0.4, 0.5) is 0 Å². The third-order valence-corrected chi connectivity index (χ3v) is 6.81. The lowest BCUT2D eigenvalue weighted by atomic mass is 9.58. The van der Waals surface area contributed by atoms with Crippen LogP contribution in [-0.4, -0.2) is 40.3 Å². The zero-order chi connectivity index (χ0) is 17.6. The van der Waals surface area contributed by atoms with Crippen LogP contribution in [0.25, 0.3) is 0 Å². The summed E-state index contributed by atoms with van der Waals surface area (Å²) >= 11 is 0. The van der Waals surface area contributed by atoms with Crippen LogP contribution in [0.1, 0.15) is 40.0 Å². The second-order valence-electron chi connectivity index (χ2n) is 6.34. The molecule has 0 radical (unpaired) electrons. The first kappa shape index (κ1) is 19.4. The van der Waals surface area contributed by atoms with Gasteiger partial charge in [0.1, 0.15) is 0 Å². The van der Waals surface area contributed by atoms with Crippen LogP contribution in [0.3, 0.4) is 0 Å². The Bertz CT molecular complexity index is 600. The average Bonchev–Trinajstić information content (AvgIpc) is 2.58. The Morgan fingerprint density at radius 2 is 1.79 bits per heavy atom. The first-order valence-electron chi connectivity index (χ1n) is 8.89. The topological polar surface area (TPSA) is 67.4 Å². The SMILES string of the molecule is CCO[C@@H]1C[C@@H](NCCNS(=O)(=O)c2ccccc2)C1(CC)CC. The lowest BCUT2D eigenvalue weighted by Crippen LogP contribution is -2.64. The van der Waals surface area contributed by atoms with E-state index in [1.807, 2.05) is 6.92 Å². The van der Waals surface area contributed by atoms with Gasteiger partial charge >= 0.3 is 0 Å². The maximum absolute atomic E-state index is 12.2. The number of ether oxygens (including phenoxy) is 1. The van der Waals surface area contributed by atoms with Gasteiger partial charge in [-0.05, 0) is 38.3 Å². The molecule has 5 nitrogen and oxygen atoms in total. The molecule has 1 aromatic carbocycles. The number of nitrogens with one attached hydrogen (secondary N) is 2. The summed E-state index contributed by atoms with van der Waals surface area (Å²) in [5.41, 5.74) is 0.175. The van der Waals surface area contributed by atoms with Crippen LogP contribution in [0, 0.1) is 5.41 Å². The maximum atomic E-state index is 12.2. The lowest BCUT2D eigenvalue weighted by molar-refractivity contribution is -0.137. The first-order valence-corrected chi connectivity index (χ1v) is 10.4. The lowest BCUT2D eigenvalue weighted by Gasteiger charge is -2.55. The predicted octanol–water partition coefficient (Wildman–Crippen LogP) is 2.54. The highest BCUT2D eigenvalue weighted by atomic mass is 32.2. The normalized spacial score (nSPS) is 23.0. The third-order valence-electron chi connectivity index (χ3n) is 5.33. The van der Waals surface area contributed by atoms with Gasteiger partial charge in [0.05, 0.1) is 11.0 Å². The van der Waals surface area contributed by atoms with Crippen molar-refractivity contribution in [1.29, 1.82) is 0 Å². The Hall–Kier alpha value is -0.950. The van der Waals surface area contributed by atoms with Crippen LogP contribution in [0.2, 0.25) is 0 Å². The number of rotatable bonds is 10. The van der Waals surface area contributed by atoms with Crippen LogP contribution < -0.4 is 10.0 Å². The van der Waals surface area contributed by atoms with Gasteiger partial charge in [0, 0.05) is 31.2 Å². The van der Waals surface area contributed by atoms with E-state index in [0.29, 0.717) is 30.1 Å². The summed E-state index contributed by atoms with van der Waals surface area (Å²) < 4.78 is 32.9. The fourth-order valence-electron chi connectivity index (χ4n) is 3.78. The molecule has 0 heterocycles. The molecule has 24 heavy (non-hydrogen) atoms. The average molecular weight is 355 g/mol. The fourth-order valence-corrected chi connectivity index (χ4v) is 4.83. The molecule has 1 fully saturated rings. The Morgan fingerprint density at radius 1 is 1.12 bits per heavy atom. The molecular formula is C18H30N2O3S. The number of hydrogen-bond donors (Lipinski definition) is 2. The quantitative estimate of drug-likeness (QED) is 0.634. The van der Waals surface area contributed by atoms with Crippen molar-refractivity contribution >= 4 is 10.0 Å². The molecule has 0 saturated heterocycles. The van der Waals surface area contributed by atoms with Gasteiger partial charge in [-0.15, -0.1) is 0 Å². The smallest absolute Gasteiger partial charge is 0.240 e.